The van der Waals surface area contributed by atoms with Crippen molar-refractivity contribution < 1.29 is 5.11 Å². The minimum Gasteiger partial charge on any atom is -0.387 e. The second kappa shape index (κ2) is 4.55. The van der Waals surface area contributed by atoms with E-state index in [4.69, 9.17) is 0 Å². The zero-order chi connectivity index (χ0) is 11.7. The monoisotopic (exact) mass is 246 g/mol. The molecule has 88 valence electrons. The van der Waals surface area contributed by atoms with E-state index < -0.39 is 0 Å². The summed E-state index contributed by atoms with van der Waals surface area (Å²) in [6.45, 7) is 0. The van der Waals surface area contributed by atoms with Crippen LogP contribution in [-0.2, 0) is 12.8 Å². The van der Waals surface area contributed by atoms with Gasteiger partial charge in [0.2, 0.25) is 0 Å². The van der Waals surface area contributed by atoms with Crippen molar-refractivity contribution in [2.24, 2.45) is 0 Å². The number of aliphatic hydroxyl groups is 1. The summed E-state index contributed by atoms with van der Waals surface area (Å²) in [5.41, 5.74) is 1.94. The van der Waals surface area contributed by atoms with Gasteiger partial charge in [-0.05, 0) is 31.4 Å². The number of thiazole rings is 1. The maximum Gasteiger partial charge on any atom is 0.0991 e. The zero-order valence-corrected chi connectivity index (χ0v) is 10.3. The summed E-state index contributed by atoms with van der Waals surface area (Å²) in [4.78, 5) is 10.1. The first-order valence-electron chi connectivity index (χ1n) is 5.89. The Morgan fingerprint density at radius 1 is 1.41 bits per heavy atom. The molecule has 0 spiro atoms. The van der Waals surface area contributed by atoms with Crippen LogP contribution in [0.2, 0.25) is 0 Å². The normalized spacial score (nSPS) is 19.0. The molecule has 0 amide bonds. The number of aromatic nitrogens is 2. The van der Waals surface area contributed by atoms with Crippen LogP contribution < -0.4 is 0 Å². The lowest BCUT2D eigenvalue weighted by atomic mass is 10.0. The van der Waals surface area contributed by atoms with Crippen molar-refractivity contribution in [1.29, 1.82) is 0 Å². The molecule has 2 aromatic heterocycles. The highest BCUT2D eigenvalue weighted by Gasteiger charge is 2.22. The van der Waals surface area contributed by atoms with Gasteiger partial charge in [-0.25, -0.2) is 4.98 Å². The van der Waals surface area contributed by atoms with E-state index in [0.717, 1.165) is 42.1 Å². The summed E-state index contributed by atoms with van der Waals surface area (Å²) in [5, 5.41) is 10.9. The van der Waals surface area contributed by atoms with E-state index in [-0.39, 0.29) is 6.10 Å². The summed E-state index contributed by atoms with van der Waals surface area (Å²) < 4.78 is 0. The fraction of sp³-hybridized carbons (Fsp3) is 0.385. The van der Waals surface area contributed by atoms with Crippen LogP contribution in [0.5, 0.6) is 0 Å². The van der Waals surface area contributed by atoms with Crippen molar-refractivity contribution in [1.82, 2.24) is 9.97 Å². The Morgan fingerprint density at radius 3 is 3.12 bits per heavy atom. The van der Waals surface area contributed by atoms with Gasteiger partial charge < -0.3 is 5.11 Å². The van der Waals surface area contributed by atoms with Gasteiger partial charge in [0.25, 0.3) is 0 Å². The second-order valence-electron chi connectivity index (χ2n) is 4.32. The molecule has 17 heavy (non-hydrogen) atoms. The molecule has 4 heteroatoms. The van der Waals surface area contributed by atoms with Crippen LogP contribution in [0, 0.1) is 0 Å². The first kappa shape index (κ1) is 10.9. The van der Waals surface area contributed by atoms with Crippen LogP contribution in [0.25, 0.3) is 0 Å². The smallest absolute Gasteiger partial charge is 0.0991 e. The van der Waals surface area contributed by atoms with Crippen molar-refractivity contribution in [3.05, 3.63) is 45.7 Å². The first-order chi connectivity index (χ1) is 8.33. The quantitative estimate of drug-likeness (QED) is 0.885. The first-order valence-corrected chi connectivity index (χ1v) is 6.71. The number of hydrogen-bond acceptors (Lipinski definition) is 4. The van der Waals surface area contributed by atoms with Gasteiger partial charge in [0.1, 0.15) is 0 Å². The topological polar surface area (TPSA) is 46.0 Å². The zero-order valence-electron chi connectivity index (χ0n) is 9.47. The summed E-state index contributed by atoms with van der Waals surface area (Å²) in [5.74, 6) is 0. The summed E-state index contributed by atoms with van der Waals surface area (Å²) >= 11 is 1.72. The average molecular weight is 246 g/mol. The highest BCUT2D eigenvalue weighted by molar-refractivity contribution is 7.11. The van der Waals surface area contributed by atoms with Gasteiger partial charge in [0.15, 0.2) is 0 Å². The lowest BCUT2D eigenvalue weighted by Gasteiger charge is -2.14. The molecule has 0 aliphatic heterocycles. The Kier molecular flexibility index (Phi) is 2.91. The van der Waals surface area contributed by atoms with Crippen molar-refractivity contribution in [3.8, 4) is 0 Å². The number of pyridine rings is 1. The summed E-state index contributed by atoms with van der Waals surface area (Å²) in [7, 11) is 0. The van der Waals surface area contributed by atoms with Gasteiger partial charge >= 0.3 is 0 Å². The van der Waals surface area contributed by atoms with Crippen LogP contribution in [0.15, 0.2) is 24.4 Å². The number of nitrogens with zero attached hydrogens (tertiary/aromatic N) is 2. The third-order valence-corrected chi connectivity index (χ3v) is 4.16. The predicted octanol–water partition coefficient (Wildman–Crippen LogP) is 2.50. The molecule has 0 saturated carbocycles. The third kappa shape index (κ3) is 2.23. The van der Waals surface area contributed by atoms with Gasteiger partial charge in [0.05, 0.1) is 16.8 Å². The Balaban J connectivity index is 1.85. The molecule has 1 aliphatic carbocycles. The average Bonchev–Trinajstić information content (AvgIpc) is 2.74. The predicted molar refractivity (Wildman–Crippen MR) is 67.1 cm³/mol. The molecule has 1 atom stereocenters. The lowest BCUT2D eigenvalue weighted by molar-refractivity contribution is 0.153. The third-order valence-electron chi connectivity index (χ3n) is 3.03. The van der Waals surface area contributed by atoms with Gasteiger partial charge in [-0.1, -0.05) is 6.07 Å². The molecule has 1 aliphatic rings. The van der Waals surface area contributed by atoms with Gasteiger partial charge in [0, 0.05) is 23.2 Å². The van der Waals surface area contributed by atoms with E-state index >= 15 is 0 Å². The van der Waals surface area contributed by atoms with Crippen molar-refractivity contribution in [3.63, 3.8) is 0 Å². The highest BCUT2D eigenvalue weighted by Crippen LogP contribution is 2.33. The molecule has 0 fully saturated rings. The van der Waals surface area contributed by atoms with Crippen LogP contribution in [-0.4, -0.2) is 15.1 Å². The maximum absolute atomic E-state index is 9.87. The number of aryl methyl sites for hydroxylation is 1. The molecule has 0 aromatic carbocycles. The van der Waals surface area contributed by atoms with Gasteiger partial charge in [-0.3, -0.25) is 4.98 Å². The number of fused-ring (bicyclic) bond motifs is 1. The maximum atomic E-state index is 9.87. The van der Waals surface area contributed by atoms with Crippen molar-refractivity contribution in [2.45, 2.75) is 31.8 Å². The van der Waals surface area contributed by atoms with E-state index in [1.165, 1.54) is 4.88 Å². The summed E-state index contributed by atoms with van der Waals surface area (Å²) in [6.07, 6.45) is 5.20. The van der Waals surface area contributed by atoms with E-state index in [0.29, 0.717) is 0 Å². The van der Waals surface area contributed by atoms with Crippen molar-refractivity contribution in [2.75, 3.05) is 0 Å². The Hall–Kier alpha value is -1.26. The van der Waals surface area contributed by atoms with E-state index in [9.17, 15) is 5.11 Å². The largest absolute Gasteiger partial charge is 0.387 e. The fourth-order valence-corrected chi connectivity index (χ4v) is 3.36. The van der Waals surface area contributed by atoms with E-state index in [1.807, 2.05) is 18.2 Å². The Bertz CT molecular complexity index is 509. The lowest BCUT2D eigenvalue weighted by Crippen LogP contribution is -2.07. The number of rotatable bonds is 2. The van der Waals surface area contributed by atoms with E-state index in [1.54, 1.807) is 17.5 Å². The molecule has 3 nitrogen and oxygen atoms in total. The Labute approximate surface area is 104 Å². The number of aliphatic hydroxyl groups excluding tert-OH is 1. The molecule has 0 radical (unpaired) electrons. The van der Waals surface area contributed by atoms with Crippen LogP contribution in [0.1, 0.15) is 40.2 Å². The number of hydrogen-bond donors (Lipinski definition) is 1. The van der Waals surface area contributed by atoms with Crippen molar-refractivity contribution >= 4 is 11.3 Å². The molecule has 2 aromatic rings. The van der Waals surface area contributed by atoms with Crippen LogP contribution >= 0.6 is 11.3 Å². The van der Waals surface area contributed by atoms with Gasteiger partial charge in [-0.15, -0.1) is 11.3 Å². The van der Waals surface area contributed by atoms with E-state index in [2.05, 4.69) is 9.97 Å². The Morgan fingerprint density at radius 2 is 2.35 bits per heavy atom. The minimum absolute atomic E-state index is 0.354. The molecule has 2 heterocycles. The molecule has 1 unspecified atom stereocenters. The fourth-order valence-electron chi connectivity index (χ4n) is 2.18. The molecular formula is C13H14N2OS. The molecule has 3 rings (SSSR count). The molecule has 0 bridgehead atoms. The molecule has 1 N–H and O–H groups in total. The molecule has 0 saturated heterocycles. The standard InChI is InChI=1S/C13H14N2OS/c16-10-5-3-6-11-13(10)15-12(17-11)8-9-4-1-2-7-14-9/h1-2,4,7,10,16H,3,5-6,8H2. The minimum atomic E-state index is -0.354. The van der Waals surface area contributed by atoms with Gasteiger partial charge in [-0.2, -0.15) is 0 Å². The second-order valence-corrected chi connectivity index (χ2v) is 5.49. The van der Waals surface area contributed by atoms with Crippen LogP contribution in [0.4, 0.5) is 0 Å². The molecular weight excluding hydrogens is 232 g/mol. The summed E-state index contributed by atoms with van der Waals surface area (Å²) in [6, 6.07) is 5.92. The van der Waals surface area contributed by atoms with Crippen LogP contribution in [0.3, 0.4) is 0 Å². The SMILES string of the molecule is OC1CCCc2sc(Cc3ccccn3)nc21. The highest BCUT2D eigenvalue weighted by atomic mass is 32.1.